The molecule has 4 heteroatoms. The maximum Gasteiger partial charge on any atom is 0.194 e. The Morgan fingerprint density at radius 3 is 3.14 bits per heavy atom. The summed E-state index contributed by atoms with van der Waals surface area (Å²) in [6, 6.07) is 5.38. The van der Waals surface area contributed by atoms with Gasteiger partial charge in [-0.25, -0.2) is 4.98 Å². The van der Waals surface area contributed by atoms with E-state index in [0.717, 1.165) is 20.9 Å². The zero-order valence-electron chi connectivity index (χ0n) is 7.56. The van der Waals surface area contributed by atoms with Crippen LogP contribution in [0.1, 0.15) is 5.69 Å². The summed E-state index contributed by atoms with van der Waals surface area (Å²) in [6.45, 7) is 1.98. The average Bonchev–Trinajstić information content (AvgIpc) is 2.59. The van der Waals surface area contributed by atoms with E-state index in [-0.39, 0.29) is 0 Å². The van der Waals surface area contributed by atoms with Crippen molar-refractivity contribution in [2.75, 3.05) is 0 Å². The molecule has 0 unspecified atom stereocenters. The van der Waals surface area contributed by atoms with Crippen LogP contribution in [0.4, 0.5) is 0 Å². The molecular weight excluding hydrogens is 196 g/mol. The van der Waals surface area contributed by atoms with Crippen LogP contribution in [0.2, 0.25) is 0 Å². The van der Waals surface area contributed by atoms with Gasteiger partial charge in [0.1, 0.15) is 5.75 Å². The van der Waals surface area contributed by atoms with Crippen LogP contribution in [0.25, 0.3) is 15.2 Å². The van der Waals surface area contributed by atoms with Crippen molar-refractivity contribution in [3.63, 3.8) is 0 Å². The van der Waals surface area contributed by atoms with Gasteiger partial charge in [0.05, 0.1) is 15.9 Å². The van der Waals surface area contributed by atoms with E-state index in [2.05, 4.69) is 9.38 Å². The van der Waals surface area contributed by atoms with E-state index >= 15 is 0 Å². The predicted octanol–water partition coefficient (Wildman–Crippen LogP) is 2.56. The lowest BCUT2D eigenvalue weighted by molar-refractivity contribution is 0.476. The van der Waals surface area contributed by atoms with E-state index < -0.39 is 0 Å². The van der Waals surface area contributed by atoms with Gasteiger partial charge in [-0.2, -0.15) is 0 Å². The molecule has 0 amide bonds. The lowest BCUT2D eigenvalue weighted by Gasteiger charge is -1.91. The van der Waals surface area contributed by atoms with Crippen molar-refractivity contribution in [3.05, 3.63) is 30.1 Å². The first-order valence-corrected chi connectivity index (χ1v) is 5.13. The first-order chi connectivity index (χ1) is 6.74. The minimum Gasteiger partial charge on any atom is -0.508 e. The third-order valence-electron chi connectivity index (χ3n) is 2.20. The van der Waals surface area contributed by atoms with Crippen molar-refractivity contribution >= 4 is 26.5 Å². The molecule has 1 N–H and O–H groups in total. The van der Waals surface area contributed by atoms with Gasteiger partial charge in [-0.15, -0.1) is 0 Å². The predicted molar refractivity (Wildman–Crippen MR) is 57.0 cm³/mol. The number of rotatable bonds is 0. The summed E-state index contributed by atoms with van der Waals surface area (Å²) >= 11 is 1.59. The minimum atomic E-state index is 0.304. The van der Waals surface area contributed by atoms with Crippen LogP contribution in [0.5, 0.6) is 5.75 Å². The van der Waals surface area contributed by atoms with Gasteiger partial charge in [0.25, 0.3) is 0 Å². The zero-order chi connectivity index (χ0) is 9.71. The Hall–Kier alpha value is -1.55. The molecule has 1 aromatic carbocycles. The molecule has 0 bridgehead atoms. The average molecular weight is 204 g/mol. The summed E-state index contributed by atoms with van der Waals surface area (Å²) in [5.74, 6) is 0.304. The first-order valence-electron chi connectivity index (χ1n) is 4.31. The Balaban J connectivity index is 2.52. The Bertz CT molecular complexity index is 620. The van der Waals surface area contributed by atoms with E-state index in [1.165, 1.54) is 0 Å². The molecular formula is C10H8N2OS. The highest BCUT2D eigenvalue weighted by Gasteiger charge is 2.06. The largest absolute Gasteiger partial charge is 0.508 e. The van der Waals surface area contributed by atoms with E-state index in [1.54, 1.807) is 23.5 Å². The number of aromatic nitrogens is 2. The molecule has 3 aromatic rings. The zero-order valence-corrected chi connectivity index (χ0v) is 8.38. The summed E-state index contributed by atoms with van der Waals surface area (Å²) in [5.41, 5.74) is 2.12. The SMILES string of the molecule is Cc1cn2c(n1)sc1cc(O)ccc12. The van der Waals surface area contributed by atoms with Gasteiger partial charge in [-0.05, 0) is 25.1 Å². The van der Waals surface area contributed by atoms with Crippen LogP contribution in [-0.4, -0.2) is 14.5 Å². The molecule has 0 saturated heterocycles. The summed E-state index contributed by atoms with van der Waals surface area (Å²) in [6.07, 6.45) is 2.01. The van der Waals surface area contributed by atoms with Gasteiger partial charge in [-0.1, -0.05) is 11.3 Å². The molecule has 70 valence electrons. The Morgan fingerprint density at radius 2 is 2.29 bits per heavy atom. The number of hydrogen-bond acceptors (Lipinski definition) is 3. The molecule has 0 aliphatic rings. The summed E-state index contributed by atoms with van der Waals surface area (Å²) in [4.78, 5) is 5.35. The smallest absolute Gasteiger partial charge is 0.194 e. The third kappa shape index (κ3) is 0.943. The van der Waals surface area contributed by atoms with Crippen molar-refractivity contribution in [2.24, 2.45) is 0 Å². The summed E-state index contributed by atoms with van der Waals surface area (Å²) < 4.78 is 3.11. The third-order valence-corrected chi connectivity index (χ3v) is 3.22. The van der Waals surface area contributed by atoms with Crippen LogP contribution in [0, 0.1) is 6.92 Å². The molecule has 0 aliphatic heterocycles. The lowest BCUT2D eigenvalue weighted by atomic mass is 10.3. The number of benzene rings is 1. The quantitative estimate of drug-likeness (QED) is 0.611. The van der Waals surface area contributed by atoms with Gasteiger partial charge in [0.15, 0.2) is 4.96 Å². The van der Waals surface area contributed by atoms with Crippen LogP contribution in [0.15, 0.2) is 24.4 Å². The fraction of sp³-hybridized carbons (Fsp3) is 0.100. The van der Waals surface area contributed by atoms with Gasteiger partial charge in [0.2, 0.25) is 0 Å². The number of imidazole rings is 1. The van der Waals surface area contributed by atoms with Crippen LogP contribution < -0.4 is 0 Å². The molecule has 0 spiro atoms. The summed E-state index contributed by atoms with van der Waals surface area (Å²) in [5, 5.41) is 9.32. The number of thiazole rings is 1. The number of hydrogen-bond donors (Lipinski definition) is 1. The normalized spacial score (nSPS) is 11.5. The number of phenolic OH excluding ortho intramolecular Hbond substituents is 1. The number of phenols is 1. The van der Waals surface area contributed by atoms with Crippen molar-refractivity contribution in [3.8, 4) is 5.75 Å². The highest BCUT2D eigenvalue weighted by atomic mass is 32.1. The second kappa shape index (κ2) is 2.48. The van der Waals surface area contributed by atoms with Crippen LogP contribution in [0.3, 0.4) is 0 Å². The maximum atomic E-state index is 9.32. The van der Waals surface area contributed by atoms with Gasteiger partial charge in [-0.3, -0.25) is 4.40 Å². The fourth-order valence-electron chi connectivity index (χ4n) is 1.60. The molecule has 0 fully saturated rings. The minimum absolute atomic E-state index is 0.304. The standard InChI is InChI=1S/C10H8N2OS/c1-6-5-12-8-3-2-7(13)4-9(8)14-10(12)11-6/h2-5,13H,1H3. The van der Waals surface area contributed by atoms with Crippen LogP contribution in [-0.2, 0) is 0 Å². The Labute approximate surface area is 84.3 Å². The molecule has 2 aromatic heterocycles. The molecule has 3 nitrogen and oxygen atoms in total. The monoisotopic (exact) mass is 204 g/mol. The highest BCUT2D eigenvalue weighted by molar-refractivity contribution is 7.23. The van der Waals surface area contributed by atoms with Crippen molar-refractivity contribution < 1.29 is 5.11 Å². The van der Waals surface area contributed by atoms with Crippen LogP contribution >= 0.6 is 11.3 Å². The van der Waals surface area contributed by atoms with E-state index in [9.17, 15) is 5.11 Å². The lowest BCUT2D eigenvalue weighted by Crippen LogP contribution is -1.75. The Kier molecular flexibility index (Phi) is 1.39. The van der Waals surface area contributed by atoms with Crippen molar-refractivity contribution in [1.82, 2.24) is 9.38 Å². The number of aromatic hydroxyl groups is 1. The van der Waals surface area contributed by atoms with Gasteiger partial charge in [0, 0.05) is 6.20 Å². The molecule has 2 heterocycles. The first kappa shape index (κ1) is 7.82. The second-order valence-electron chi connectivity index (χ2n) is 3.29. The molecule has 0 radical (unpaired) electrons. The fourth-order valence-corrected chi connectivity index (χ4v) is 2.69. The van der Waals surface area contributed by atoms with E-state index in [0.29, 0.717) is 5.75 Å². The molecule has 0 aliphatic carbocycles. The van der Waals surface area contributed by atoms with E-state index in [1.807, 2.05) is 19.2 Å². The van der Waals surface area contributed by atoms with Crippen molar-refractivity contribution in [2.45, 2.75) is 6.92 Å². The topological polar surface area (TPSA) is 37.5 Å². The number of fused-ring (bicyclic) bond motifs is 3. The van der Waals surface area contributed by atoms with Gasteiger partial charge < -0.3 is 5.11 Å². The van der Waals surface area contributed by atoms with E-state index in [4.69, 9.17) is 0 Å². The highest BCUT2D eigenvalue weighted by Crippen LogP contribution is 2.28. The molecule has 14 heavy (non-hydrogen) atoms. The Morgan fingerprint density at radius 1 is 1.43 bits per heavy atom. The number of nitrogens with zero attached hydrogens (tertiary/aromatic N) is 2. The molecule has 0 saturated carbocycles. The second-order valence-corrected chi connectivity index (χ2v) is 4.30. The number of aryl methyl sites for hydroxylation is 1. The molecule has 0 atom stereocenters. The summed E-state index contributed by atoms with van der Waals surface area (Å²) in [7, 11) is 0. The maximum absolute atomic E-state index is 9.32. The van der Waals surface area contributed by atoms with Crippen molar-refractivity contribution in [1.29, 1.82) is 0 Å². The molecule has 3 rings (SSSR count). The van der Waals surface area contributed by atoms with Gasteiger partial charge >= 0.3 is 0 Å².